The Morgan fingerprint density at radius 1 is 0.778 bits per heavy atom. The minimum Gasteiger partial charge on any atom is -0.454 e. The molecule has 0 aromatic heterocycles. The van der Waals surface area contributed by atoms with E-state index in [0.717, 1.165) is 0 Å². The van der Waals surface area contributed by atoms with Crippen LogP contribution in [-0.2, 0) is 14.3 Å². The first-order valence-corrected chi connectivity index (χ1v) is 11.4. The lowest BCUT2D eigenvalue weighted by molar-refractivity contribution is -0.150. The Morgan fingerprint density at radius 3 is 2.00 bits per heavy atom. The monoisotopic (exact) mass is 484 g/mol. The lowest BCUT2D eigenvalue weighted by Crippen LogP contribution is -2.45. The van der Waals surface area contributed by atoms with Crippen LogP contribution in [0.3, 0.4) is 0 Å². The standard InChI is InChI=1S/C28H24N2O6/c1-16(2)24(30-27(34)17-8-4-3-5-9-17)28(35)36-15-23(31)29-18-12-13-21-22(14-18)26(33)20-11-7-6-10-19(20)25(21)32/h3-14,16,24H,15H2,1-2H3,(H,29,31)(H,30,34)/t24-/m0/s1. The molecule has 0 saturated heterocycles. The summed E-state index contributed by atoms with van der Waals surface area (Å²) in [5.74, 6) is -2.64. The third kappa shape index (κ3) is 5.07. The third-order valence-corrected chi connectivity index (χ3v) is 5.80. The molecule has 4 rings (SSSR count). The molecule has 0 fully saturated rings. The van der Waals surface area contributed by atoms with Crippen LogP contribution in [0.1, 0.15) is 56.0 Å². The van der Waals surface area contributed by atoms with Gasteiger partial charge in [0.15, 0.2) is 18.2 Å². The summed E-state index contributed by atoms with van der Waals surface area (Å²) in [6.45, 7) is 2.91. The van der Waals surface area contributed by atoms with Crippen LogP contribution in [0.25, 0.3) is 0 Å². The van der Waals surface area contributed by atoms with E-state index in [4.69, 9.17) is 4.74 Å². The molecule has 0 unspecified atom stereocenters. The first kappa shape index (κ1) is 24.5. The fraction of sp³-hybridized carbons (Fsp3) is 0.179. The maximum absolute atomic E-state index is 12.9. The molecule has 3 aromatic carbocycles. The van der Waals surface area contributed by atoms with Gasteiger partial charge in [-0.2, -0.15) is 0 Å². The topological polar surface area (TPSA) is 119 Å². The Hall–Kier alpha value is -4.59. The zero-order chi connectivity index (χ0) is 25.8. The van der Waals surface area contributed by atoms with Gasteiger partial charge in [-0.15, -0.1) is 0 Å². The van der Waals surface area contributed by atoms with Gasteiger partial charge in [0.25, 0.3) is 11.8 Å². The third-order valence-electron chi connectivity index (χ3n) is 5.80. The number of anilines is 1. The van der Waals surface area contributed by atoms with Crippen molar-refractivity contribution in [1.82, 2.24) is 5.32 Å². The van der Waals surface area contributed by atoms with E-state index in [1.54, 1.807) is 68.4 Å². The van der Waals surface area contributed by atoms with Gasteiger partial charge < -0.3 is 15.4 Å². The van der Waals surface area contributed by atoms with Crippen molar-refractivity contribution in [1.29, 1.82) is 0 Å². The van der Waals surface area contributed by atoms with Crippen LogP contribution in [0.15, 0.2) is 72.8 Å². The number of carbonyl (C=O) groups excluding carboxylic acids is 5. The average Bonchev–Trinajstić information content (AvgIpc) is 2.89. The van der Waals surface area contributed by atoms with Crippen molar-refractivity contribution in [2.75, 3.05) is 11.9 Å². The predicted molar refractivity (Wildman–Crippen MR) is 132 cm³/mol. The molecule has 0 radical (unpaired) electrons. The number of hydrogen-bond acceptors (Lipinski definition) is 6. The molecule has 0 aliphatic heterocycles. The molecular weight excluding hydrogens is 460 g/mol. The van der Waals surface area contributed by atoms with Gasteiger partial charge in [-0.05, 0) is 36.2 Å². The van der Waals surface area contributed by atoms with E-state index < -0.39 is 30.4 Å². The number of esters is 1. The Balaban J connectivity index is 1.38. The molecule has 2 amide bonds. The van der Waals surface area contributed by atoms with Gasteiger partial charge in [-0.25, -0.2) is 4.79 Å². The number of ether oxygens (including phenoxy) is 1. The quantitative estimate of drug-likeness (QED) is 0.388. The molecule has 0 spiro atoms. The second kappa shape index (κ2) is 10.4. The summed E-state index contributed by atoms with van der Waals surface area (Å²) in [5, 5.41) is 5.22. The second-order valence-electron chi connectivity index (χ2n) is 8.68. The first-order chi connectivity index (χ1) is 17.3. The minimum atomic E-state index is -0.946. The summed E-state index contributed by atoms with van der Waals surface area (Å²) < 4.78 is 5.15. The van der Waals surface area contributed by atoms with Crippen molar-refractivity contribution < 1.29 is 28.7 Å². The highest BCUT2D eigenvalue weighted by Crippen LogP contribution is 2.29. The Labute approximate surface area is 207 Å². The van der Waals surface area contributed by atoms with Gasteiger partial charge >= 0.3 is 5.97 Å². The summed E-state index contributed by atoms with van der Waals surface area (Å²) in [6, 6.07) is 18.5. The van der Waals surface area contributed by atoms with Crippen molar-refractivity contribution in [2.24, 2.45) is 5.92 Å². The number of nitrogens with one attached hydrogen (secondary N) is 2. The highest BCUT2D eigenvalue weighted by atomic mass is 16.5. The first-order valence-electron chi connectivity index (χ1n) is 11.4. The summed E-state index contributed by atoms with van der Waals surface area (Å²) in [7, 11) is 0. The molecule has 36 heavy (non-hydrogen) atoms. The molecule has 8 heteroatoms. The molecule has 1 atom stereocenters. The van der Waals surface area contributed by atoms with E-state index in [0.29, 0.717) is 16.7 Å². The largest absolute Gasteiger partial charge is 0.454 e. The summed E-state index contributed by atoms with van der Waals surface area (Å²) in [6.07, 6.45) is 0. The lowest BCUT2D eigenvalue weighted by atomic mass is 9.84. The van der Waals surface area contributed by atoms with Gasteiger partial charge in [0.1, 0.15) is 6.04 Å². The fourth-order valence-corrected chi connectivity index (χ4v) is 3.91. The van der Waals surface area contributed by atoms with Crippen molar-refractivity contribution in [3.05, 3.63) is 101 Å². The van der Waals surface area contributed by atoms with Gasteiger partial charge in [-0.1, -0.05) is 56.3 Å². The summed E-state index contributed by atoms with van der Waals surface area (Å²) in [5.41, 5.74) is 1.79. The van der Waals surface area contributed by atoms with Gasteiger partial charge in [-0.3, -0.25) is 19.2 Å². The van der Waals surface area contributed by atoms with Crippen LogP contribution in [0.4, 0.5) is 5.69 Å². The average molecular weight is 485 g/mol. The fourth-order valence-electron chi connectivity index (χ4n) is 3.91. The van der Waals surface area contributed by atoms with E-state index in [1.165, 1.54) is 18.2 Å². The smallest absolute Gasteiger partial charge is 0.329 e. The molecule has 1 aliphatic carbocycles. The second-order valence-corrected chi connectivity index (χ2v) is 8.68. The molecule has 2 N–H and O–H groups in total. The van der Waals surface area contributed by atoms with Crippen LogP contribution in [0.5, 0.6) is 0 Å². The molecule has 0 saturated carbocycles. The highest BCUT2D eigenvalue weighted by Gasteiger charge is 2.30. The van der Waals surface area contributed by atoms with Crippen LogP contribution >= 0.6 is 0 Å². The molecule has 0 bridgehead atoms. The van der Waals surface area contributed by atoms with Crippen LogP contribution in [0.2, 0.25) is 0 Å². The zero-order valence-electron chi connectivity index (χ0n) is 19.7. The minimum absolute atomic E-state index is 0.192. The number of rotatable bonds is 7. The van der Waals surface area contributed by atoms with Crippen LogP contribution in [-0.4, -0.2) is 42.0 Å². The Kier molecular flexibility index (Phi) is 7.05. The molecule has 8 nitrogen and oxygen atoms in total. The Morgan fingerprint density at radius 2 is 1.36 bits per heavy atom. The molecule has 1 aliphatic rings. The SMILES string of the molecule is CC(C)[C@H](NC(=O)c1ccccc1)C(=O)OCC(=O)Nc1ccc2c(c1)C(=O)c1ccccc1C2=O. The van der Waals surface area contributed by atoms with Crippen LogP contribution < -0.4 is 10.6 Å². The molecular formula is C28H24N2O6. The lowest BCUT2D eigenvalue weighted by Gasteiger charge is -2.21. The van der Waals surface area contributed by atoms with Gasteiger partial charge in [0, 0.05) is 33.5 Å². The van der Waals surface area contributed by atoms with E-state index in [2.05, 4.69) is 10.6 Å². The van der Waals surface area contributed by atoms with Gasteiger partial charge in [0.2, 0.25) is 0 Å². The highest BCUT2D eigenvalue weighted by molar-refractivity contribution is 6.28. The number of ketones is 2. The van der Waals surface area contributed by atoms with Crippen molar-refractivity contribution in [3.63, 3.8) is 0 Å². The van der Waals surface area contributed by atoms with Crippen molar-refractivity contribution in [3.8, 4) is 0 Å². The van der Waals surface area contributed by atoms with Crippen molar-refractivity contribution >= 4 is 35.0 Å². The number of benzene rings is 3. The predicted octanol–water partition coefficient (Wildman–Crippen LogP) is 3.40. The number of carbonyl (C=O) groups is 5. The number of hydrogen-bond donors (Lipinski definition) is 2. The number of amides is 2. The normalized spacial score (nSPS) is 12.9. The van der Waals surface area contributed by atoms with E-state index in [9.17, 15) is 24.0 Å². The maximum Gasteiger partial charge on any atom is 0.329 e. The van der Waals surface area contributed by atoms with Crippen LogP contribution in [0, 0.1) is 5.92 Å². The number of fused-ring (bicyclic) bond motifs is 2. The van der Waals surface area contributed by atoms with E-state index in [-0.39, 0.29) is 34.3 Å². The van der Waals surface area contributed by atoms with Gasteiger partial charge in [0.05, 0.1) is 0 Å². The zero-order valence-corrected chi connectivity index (χ0v) is 19.7. The molecule has 3 aromatic rings. The van der Waals surface area contributed by atoms with E-state index in [1.807, 2.05) is 0 Å². The molecule has 0 heterocycles. The van der Waals surface area contributed by atoms with E-state index >= 15 is 0 Å². The Bertz CT molecular complexity index is 1360. The summed E-state index contributed by atoms with van der Waals surface area (Å²) >= 11 is 0. The van der Waals surface area contributed by atoms with Crippen molar-refractivity contribution in [2.45, 2.75) is 19.9 Å². The maximum atomic E-state index is 12.9. The summed E-state index contributed by atoms with van der Waals surface area (Å²) in [4.78, 5) is 63.1. The molecule has 182 valence electrons.